The third-order valence-corrected chi connectivity index (χ3v) is 1.84. The third kappa shape index (κ3) is 1.69. The van der Waals surface area contributed by atoms with Crippen LogP contribution < -0.4 is 0 Å². The highest BCUT2D eigenvalue weighted by Crippen LogP contribution is 2.14. The first-order valence-corrected chi connectivity index (χ1v) is 4.52. The predicted octanol–water partition coefficient (Wildman–Crippen LogP) is 2.30. The van der Waals surface area contributed by atoms with Gasteiger partial charge >= 0.3 is 0 Å². The average Bonchev–Trinajstić information content (AvgIpc) is 2.47. The van der Waals surface area contributed by atoms with E-state index in [1.165, 1.54) is 5.56 Å². The quantitative estimate of drug-likeness (QED) is 0.618. The number of hydrogen-bond donors (Lipinski definition) is 0. The van der Waals surface area contributed by atoms with Crippen LogP contribution in [0.5, 0.6) is 0 Å². The van der Waals surface area contributed by atoms with Gasteiger partial charge in [-0.05, 0) is 18.6 Å². The zero-order valence-electron chi connectivity index (χ0n) is 8.57. The number of aromatic nitrogens is 3. The van der Waals surface area contributed by atoms with Crippen molar-refractivity contribution in [3.8, 4) is 0 Å². The van der Waals surface area contributed by atoms with Crippen molar-refractivity contribution in [3.05, 3.63) is 24.0 Å². The fourth-order valence-electron chi connectivity index (χ4n) is 1.31. The van der Waals surface area contributed by atoms with Gasteiger partial charge in [0.05, 0.1) is 11.7 Å². The normalized spacial score (nSPS) is 9.54. The Bertz CT molecular complexity index is 354. The van der Waals surface area contributed by atoms with Crippen molar-refractivity contribution in [3.63, 3.8) is 0 Å². The summed E-state index contributed by atoms with van der Waals surface area (Å²) in [5.74, 6) is 0. The summed E-state index contributed by atoms with van der Waals surface area (Å²) < 4.78 is 2.05. The lowest BCUT2D eigenvalue weighted by atomic mass is 10.3. The molecule has 2 heterocycles. The lowest BCUT2D eigenvalue weighted by Gasteiger charge is -1.90. The molecule has 0 amide bonds. The van der Waals surface area contributed by atoms with Crippen LogP contribution in [0.4, 0.5) is 0 Å². The van der Waals surface area contributed by atoms with E-state index in [1.807, 2.05) is 33.9 Å². The smallest absolute Gasteiger partial charge is 0.114 e. The van der Waals surface area contributed by atoms with Gasteiger partial charge in [-0.1, -0.05) is 13.8 Å². The number of rotatable bonds is 0. The van der Waals surface area contributed by atoms with Gasteiger partial charge in [0, 0.05) is 13.2 Å². The fourth-order valence-corrected chi connectivity index (χ4v) is 1.31. The number of fused-ring (bicyclic) bond motifs is 1. The van der Waals surface area contributed by atoms with E-state index >= 15 is 0 Å². The average molecular weight is 177 g/mol. The molecule has 0 aromatic carbocycles. The van der Waals surface area contributed by atoms with Crippen LogP contribution in [0.2, 0.25) is 0 Å². The number of aryl methyl sites for hydroxylation is 2. The maximum Gasteiger partial charge on any atom is 0.114 e. The van der Waals surface area contributed by atoms with Gasteiger partial charge < -0.3 is 4.57 Å². The van der Waals surface area contributed by atoms with E-state index in [1.54, 1.807) is 6.20 Å². The standard InChI is InChI=1S/C8H9N3.C2H6/c1-6-5-11(2)7-3-4-9-10-8(6)7;1-2/h3-5H,1-2H3;1-2H3. The van der Waals surface area contributed by atoms with Crippen molar-refractivity contribution >= 4 is 11.0 Å². The second-order valence-corrected chi connectivity index (χ2v) is 2.69. The highest BCUT2D eigenvalue weighted by Gasteiger charge is 2.01. The molecule has 0 radical (unpaired) electrons. The Morgan fingerprint density at radius 3 is 2.62 bits per heavy atom. The Kier molecular flexibility index (Phi) is 3.01. The molecule has 0 bridgehead atoms. The summed E-state index contributed by atoms with van der Waals surface area (Å²) in [7, 11) is 2.01. The minimum absolute atomic E-state index is 0.995. The van der Waals surface area contributed by atoms with Crippen LogP contribution in [0.3, 0.4) is 0 Å². The van der Waals surface area contributed by atoms with Gasteiger partial charge in [-0.25, -0.2) is 0 Å². The van der Waals surface area contributed by atoms with Crippen LogP contribution in [-0.2, 0) is 7.05 Å². The molecule has 2 aromatic rings. The third-order valence-electron chi connectivity index (χ3n) is 1.84. The molecule has 0 saturated heterocycles. The molecule has 3 nitrogen and oxygen atoms in total. The summed E-state index contributed by atoms with van der Waals surface area (Å²) in [5.41, 5.74) is 3.31. The molecule has 70 valence electrons. The second kappa shape index (κ2) is 4.03. The van der Waals surface area contributed by atoms with Crippen LogP contribution in [0.15, 0.2) is 18.5 Å². The van der Waals surface area contributed by atoms with E-state index in [9.17, 15) is 0 Å². The summed E-state index contributed by atoms with van der Waals surface area (Å²) in [6.45, 7) is 6.04. The second-order valence-electron chi connectivity index (χ2n) is 2.69. The lowest BCUT2D eigenvalue weighted by Crippen LogP contribution is -1.85. The van der Waals surface area contributed by atoms with E-state index in [4.69, 9.17) is 0 Å². The van der Waals surface area contributed by atoms with Crippen LogP contribution in [-0.4, -0.2) is 14.8 Å². The van der Waals surface area contributed by atoms with E-state index in [0.717, 1.165) is 11.0 Å². The Morgan fingerprint density at radius 2 is 2.00 bits per heavy atom. The molecule has 0 unspecified atom stereocenters. The van der Waals surface area contributed by atoms with E-state index < -0.39 is 0 Å². The largest absolute Gasteiger partial charge is 0.349 e. The van der Waals surface area contributed by atoms with Crippen LogP contribution >= 0.6 is 0 Å². The molecular weight excluding hydrogens is 162 g/mol. The van der Waals surface area contributed by atoms with Gasteiger partial charge in [0.2, 0.25) is 0 Å². The van der Waals surface area contributed by atoms with E-state index in [-0.39, 0.29) is 0 Å². The molecule has 0 aliphatic carbocycles. The molecule has 13 heavy (non-hydrogen) atoms. The molecule has 3 heteroatoms. The maximum atomic E-state index is 4.03. The maximum absolute atomic E-state index is 4.03. The minimum atomic E-state index is 0.995. The summed E-state index contributed by atoms with van der Waals surface area (Å²) in [5, 5.41) is 7.85. The molecule has 0 aliphatic rings. The SMILES string of the molecule is CC.Cc1cn(C)c2ccnnc12. The fraction of sp³-hybridized carbons (Fsp3) is 0.400. The summed E-state index contributed by atoms with van der Waals surface area (Å²) in [4.78, 5) is 0. The van der Waals surface area contributed by atoms with Crippen molar-refractivity contribution in [1.29, 1.82) is 0 Å². The first kappa shape index (κ1) is 9.71. The molecule has 2 rings (SSSR count). The summed E-state index contributed by atoms with van der Waals surface area (Å²) >= 11 is 0. The number of nitrogens with zero attached hydrogens (tertiary/aromatic N) is 3. The molecule has 0 aliphatic heterocycles. The van der Waals surface area contributed by atoms with Gasteiger partial charge in [-0.3, -0.25) is 0 Å². The highest BCUT2D eigenvalue weighted by atomic mass is 15.1. The molecule has 0 atom stereocenters. The van der Waals surface area contributed by atoms with Crippen LogP contribution in [0.25, 0.3) is 11.0 Å². The molecular formula is C10H15N3. The Morgan fingerprint density at radius 1 is 1.31 bits per heavy atom. The Labute approximate surface area is 78.4 Å². The van der Waals surface area contributed by atoms with Gasteiger partial charge in [-0.2, -0.15) is 5.10 Å². The molecule has 0 fully saturated rings. The van der Waals surface area contributed by atoms with Crippen molar-refractivity contribution < 1.29 is 0 Å². The first-order chi connectivity index (χ1) is 6.29. The molecule has 0 spiro atoms. The van der Waals surface area contributed by atoms with Gasteiger partial charge in [-0.15, -0.1) is 5.10 Å². The Hall–Kier alpha value is -1.38. The van der Waals surface area contributed by atoms with Crippen LogP contribution in [0.1, 0.15) is 19.4 Å². The number of hydrogen-bond acceptors (Lipinski definition) is 2. The van der Waals surface area contributed by atoms with E-state index in [0.29, 0.717) is 0 Å². The highest BCUT2D eigenvalue weighted by molar-refractivity contribution is 5.78. The zero-order valence-corrected chi connectivity index (χ0v) is 8.57. The minimum Gasteiger partial charge on any atom is -0.349 e. The molecule has 2 aromatic heterocycles. The van der Waals surface area contributed by atoms with Crippen LogP contribution in [0, 0.1) is 6.92 Å². The first-order valence-electron chi connectivity index (χ1n) is 4.52. The molecule has 0 N–H and O–H groups in total. The van der Waals surface area contributed by atoms with Crippen molar-refractivity contribution in [2.24, 2.45) is 7.05 Å². The topological polar surface area (TPSA) is 30.7 Å². The van der Waals surface area contributed by atoms with Crippen molar-refractivity contribution in [1.82, 2.24) is 14.8 Å². The Balaban J connectivity index is 0.000000396. The summed E-state index contributed by atoms with van der Waals surface area (Å²) in [6, 6.07) is 1.97. The van der Waals surface area contributed by atoms with Gasteiger partial charge in [0.25, 0.3) is 0 Å². The van der Waals surface area contributed by atoms with Crippen molar-refractivity contribution in [2.45, 2.75) is 20.8 Å². The zero-order chi connectivity index (χ0) is 9.84. The summed E-state index contributed by atoms with van der Waals surface area (Å²) in [6.07, 6.45) is 3.76. The van der Waals surface area contributed by atoms with E-state index in [2.05, 4.69) is 21.0 Å². The van der Waals surface area contributed by atoms with Crippen molar-refractivity contribution in [2.75, 3.05) is 0 Å². The van der Waals surface area contributed by atoms with Gasteiger partial charge in [0.1, 0.15) is 5.52 Å². The predicted molar refractivity (Wildman–Crippen MR) is 54.6 cm³/mol. The monoisotopic (exact) mass is 177 g/mol. The van der Waals surface area contributed by atoms with Gasteiger partial charge in [0.15, 0.2) is 0 Å². The molecule has 0 saturated carbocycles. The lowest BCUT2D eigenvalue weighted by molar-refractivity contribution is 0.959.